The Bertz CT molecular complexity index is 610. The molecule has 1 aliphatic rings. The number of benzene rings is 1. The average molecular weight is 318 g/mol. The van der Waals surface area contributed by atoms with E-state index in [4.69, 9.17) is 0 Å². The number of aromatic hydroxyl groups is 1. The van der Waals surface area contributed by atoms with Crippen molar-refractivity contribution in [2.75, 3.05) is 20.6 Å². The maximum atomic E-state index is 12.9. The van der Waals surface area contributed by atoms with Crippen molar-refractivity contribution in [1.29, 1.82) is 0 Å². The van der Waals surface area contributed by atoms with Gasteiger partial charge in [-0.3, -0.25) is 14.9 Å². The molecular formula is C18H26N2O3. The van der Waals surface area contributed by atoms with E-state index in [0.29, 0.717) is 6.42 Å². The molecule has 5 heteroatoms. The monoisotopic (exact) mass is 318 g/mol. The molecule has 0 aliphatic carbocycles. The molecule has 0 aromatic heterocycles. The van der Waals surface area contributed by atoms with Crippen LogP contribution >= 0.6 is 0 Å². The molecule has 0 radical (unpaired) electrons. The highest BCUT2D eigenvalue weighted by molar-refractivity contribution is 6.04. The van der Waals surface area contributed by atoms with E-state index in [0.717, 1.165) is 18.5 Å². The van der Waals surface area contributed by atoms with E-state index in [1.54, 1.807) is 18.2 Å². The van der Waals surface area contributed by atoms with Crippen LogP contribution in [0.5, 0.6) is 5.75 Å². The van der Waals surface area contributed by atoms with Gasteiger partial charge in [0.05, 0.1) is 5.41 Å². The predicted octanol–water partition coefficient (Wildman–Crippen LogP) is 2.04. The van der Waals surface area contributed by atoms with Gasteiger partial charge in [-0.25, -0.2) is 0 Å². The minimum Gasteiger partial charge on any atom is -0.508 e. The summed E-state index contributed by atoms with van der Waals surface area (Å²) in [6, 6.07) is 6.85. The highest BCUT2D eigenvalue weighted by atomic mass is 16.3. The summed E-state index contributed by atoms with van der Waals surface area (Å²) in [5.74, 6) is -0.360. The molecule has 2 amide bonds. The highest BCUT2D eigenvalue weighted by Gasteiger charge is 2.55. The minimum atomic E-state index is -0.824. The molecule has 1 aromatic rings. The van der Waals surface area contributed by atoms with Crippen LogP contribution in [0.1, 0.15) is 38.7 Å². The predicted molar refractivity (Wildman–Crippen MR) is 89.1 cm³/mol. The number of phenolic OH excluding ortho intramolecular Hbond substituents is 1. The number of nitrogens with zero attached hydrogens (tertiary/aromatic N) is 1. The molecule has 2 rings (SSSR count). The number of rotatable bonds is 5. The molecule has 0 bridgehead atoms. The van der Waals surface area contributed by atoms with E-state index < -0.39 is 10.8 Å². The standard InChI is InChI=1S/C18H26N2O3/c1-17(2)12-15(22)19-16(23)18(17,9-6-10-20(3)4)13-7-5-8-14(21)11-13/h5,7-8,11,21H,6,9-10,12H2,1-4H3,(H,19,22,23). The number of imide groups is 1. The van der Waals surface area contributed by atoms with Crippen LogP contribution < -0.4 is 5.32 Å². The van der Waals surface area contributed by atoms with Crippen molar-refractivity contribution in [3.05, 3.63) is 29.8 Å². The summed E-state index contributed by atoms with van der Waals surface area (Å²) >= 11 is 0. The smallest absolute Gasteiger partial charge is 0.237 e. The lowest BCUT2D eigenvalue weighted by molar-refractivity contribution is -0.145. The zero-order valence-electron chi connectivity index (χ0n) is 14.3. The average Bonchev–Trinajstić information content (AvgIpc) is 2.40. The van der Waals surface area contributed by atoms with Crippen LogP contribution in [-0.2, 0) is 15.0 Å². The van der Waals surface area contributed by atoms with Crippen LogP contribution in [0.15, 0.2) is 24.3 Å². The van der Waals surface area contributed by atoms with E-state index in [1.165, 1.54) is 0 Å². The lowest BCUT2D eigenvalue weighted by Gasteiger charge is -2.48. The number of piperidine rings is 1. The summed E-state index contributed by atoms with van der Waals surface area (Å²) in [7, 11) is 3.99. The number of phenols is 1. The number of hydrogen-bond donors (Lipinski definition) is 2. The first-order chi connectivity index (χ1) is 10.7. The Balaban J connectivity index is 2.50. The van der Waals surface area contributed by atoms with Gasteiger partial charge in [0, 0.05) is 6.42 Å². The largest absolute Gasteiger partial charge is 0.508 e. The van der Waals surface area contributed by atoms with Crippen molar-refractivity contribution in [1.82, 2.24) is 10.2 Å². The summed E-state index contributed by atoms with van der Waals surface area (Å²) in [6.45, 7) is 4.78. The van der Waals surface area contributed by atoms with Crippen molar-refractivity contribution >= 4 is 11.8 Å². The molecule has 1 aliphatic heterocycles. The molecule has 126 valence electrons. The maximum absolute atomic E-state index is 12.9. The van der Waals surface area contributed by atoms with E-state index in [2.05, 4.69) is 10.2 Å². The summed E-state index contributed by atoms with van der Waals surface area (Å²) in [4.78, 5) is 26.8. The summed E-state index contributed by atoms with van der Waals surface area (Å²) in [5.41, 5.74) is -0.575. The second-order valence-electron chi connectivity index (χ2n) is 7.30. The lowest BCUT2D eigenvalue weighted by Crippen LogP contribution is -2.61. The number of carbonyl (C=O) groups is 2. The van der Waals surface area contributed by atoms with Gasteiger partial charge in [0.25, 0.3) is 0 Å². The Labute approximate surface area is 137 Å². The quantitative estimate of drug-likeness (QED) is 0.815. The van der Waals surface area contributed by atoms with Crippen molar-refractivity contribution in [2.45, 2.75) is 38.5 Å². The van der Waals surface area contributed by atoms with Gasteiger partial charge in [0.1, 0.15) is 5.75 Å². The van der Waals surface area contributed by atoms with E-state index in [1.807, 2.05) is 34.0 Å². The van der Waals surface area contributed by atoms with Gasteiger partial charge in [-0.05, 0) is 56.6 Å². The number of amides is 2. The fourth-order valence-electron chi connectivity index (χ4n) is 3.69. The van der Waals surface area contributed by atoms with Gasteiger partial charge >= 0.3 is 0 Å². The third-order valence-electron chi connectivity index (χ3n) is 4.89. The van der Waals surface area contributed by atoms with Gasteiger partial charge in [0.15, 0.2) is 0 Å². The second-order valence-corrected chi connectivity index (χ2v) is 7.30. The molecular weight excluding hydrogens is 292 g/mol. The number of hydrogen-bond acceptors (Lipinski definition) is 4. The fourth-order valence-corrected chi connectivity index (χ4v) is 3.69. The maximum Gasteiger partial charge on any atom is 0.237 e. The van der Waals surface area contributed by atoms with E-state index >= 15 is 0 Å². The van der Waals surface area contributed by atoms with Gasteiger partial charge in [-0.2, -0.15) is 0 Å². The number of nitrogens with one attached hydrogen (secondary N) is 1. The van der Waals surface area contributed by atoms with Crippen LogP contribution in [-0.4, -0.2) is 42.5 Å². The zero-order chi connectivity index (χ0) is 17.3. The zero-order valence-corrected chi connectivity index (χ0v) is 14.3. The Hall–Kier alpha value is -1.88. The van der Waals surface area contributed by atoms with Gasteiger partial charge in [0.2, 0.25) is 11.8 Å². The summed E-state index contributed by atoms with van der Waals surface area (Å²) in [5, 5.41) is 12.4. The summed E-state index contributed by atoms with van der Waals surface area (Å²) < 4.78 is 0. The molecule has 0 spiro atoms. The van der Waals surface area contributed by atoms with Crippen molar-refractivity contribution in [3.63, 3.8) is 0 Å². The second kappa shape index (κ2) is 6.32. The van der Waals surface area contributed by atoms with Crippen LogP contribution in [0.2, 0.25) is 0 Å². The van der Waals surface area contributed by atoms with Crippen molar-refractivity contribution < 1.29 is 14.7 Å². The molecule has 1 fully saturated rings. The molecule has 0 saturated carbocycles. The fraction of sp³-hybridized carbons (Fsp3) is 0.556. The molecule has 1 atom stereocenters. The molecule has 1 heterocycles. The topological polar surface area (TPSA) is 69.6 Å². The third kappa shape index (κ3) is 3.24. The molecule has 1 aromatic carbocycles. The van der Waals surface area contributed by atoms with Crippen LogP contribution in [0.4, 0.5) is 0 Å². The van der Waals surface area contributed by atoms with Crippen molar-refractivity contribution in [2.24, 2.45) is 5.41 Å². The van der Waals surface area contributed by atoms with E-state index in [9.17, 15) is 14.7 Å². The molecule has 1 saturated heterocycles. The molecule has 5 nitrogen and oxygen atoms in total. The molecule has 23 heavy (non-hydrogen) atoms. The normalized spacial score (nSPS) is 23.9. The van der Waals surface area contributed by atoms with Crippen LogP contribution in [0, 0.1) is 5.41 Å². The van der Waals surface area contributed by atoms with E-state index in [-0.39, 0.29) is 24.0 Å². The van der Waals surface area contributed by atoms with Gasteiger partial charge in [-0.15, -0.1) is 0 Å². The first-order valence-electron chi connectivity index (χ1n) is 7.97. The van der Waals surface area contributed by atoms with Crippen molar-refractivity contribution in [3.8, 4) is 5.75 Å². The summed E-state index contributed by atoms with van der Waals surface area (Å²) in [6.07, 6.45) is 1.74. The SMILES string of the molecule is CN(C)CCCC1(c2cccc(O)c2)C(=O)NC(=O)CC1(C)C. The van der Waals surface area contributed by atoms with Gasteiger partial charge in [-0.1, -0.05) is 26.0 Å². The Morgan fingerprint density at radius 1 is 1.26 bits per heavy atom. The van der Waals surface area contributed by atoms with Crippen LogP contribution in [0.25, 0.3) is 0 Å². The Morgan fingerprint density at radius 3 is 2.52 bits per heavy atom. The highest BCUT2D eigenvalue weighted by Crippen LogP contribution is 2.50. The minimum absolute atomic E-state index is 0.134. The number of carbonyl (C=O) groups excluding carboxylic acids is 2. The first kappa shape index (κ1) is 17.5. The van der Waals surface area contributed by atoms with Gasteiger partial charge < -0.3 is 10.0 Å². The van der Waals surface area contributed by atoms with Crippen LogP contribution in [0.3, 0.4) is 0 Å². The lowest BCUT2D eigenvalue weighted by atomic mass is 9.56. The Kier molecular flexibility index (Phi) is 4.80. The molecule has 1 unspecified atom stereocenters. The Morgan fingerprint density at radius 2 is 1.96 bits per heavy atom. The molecule has 2 N–H and O–H groups in total. The third-order valence-corrected chi connectivity index (χ3v) is 4.89. The first-order valence-corrected chi connectivity index (χ1v) is 7.97.